The van der Waals surface area contributed by atoms with Crippen LogP contribution in [0.3, 0.4) is 0 Å². The fraction of sp³-hybridized carbons (Fsp3) is 0.333. The number of hydrogen-bond donors (Lipinski definition) is 1. The van der Waals surface area contributed by atoms with Gasteiger partial charge in [0.05, 0.1) is 47.3 Å². The number of pyridine rings is 3. The zero-order chi connectivity index (χ0) is 31.2. The van der Waals surface area contributed by atoms with E-state index < -0.39 is 57.8 Å². The number of carbonyl (C=O) groups is 1. The Morgan fingerprint density at radius 2 is 1.77 bits per heavy atom. The number of aromatic nitrogens is 3. The molecular weight excluding hydrogens is 607 g/mol. The molecule has 0 radical (unpaired) electrons. The van der Waals surface area contributed by atoms with Gasteiger partial charge >= 0.3 is 0 Å². The summed E-state index contributed by atoms with van der Waals surface area (Å²) in [4.78, 5) is 25.9. The second-order valence-corrected chi connectivity index (χ2v) is 12.7. The predicted molar refractivity (Wildman–Crippen MR) is 149 cm³/mol. The van der Waals surface area contributed by atoms with Gasteiger partial charge in [0.1, 0.15) is 0 Å². The fourth-order valence-corrected chi connectivity index (χ4v) is 6.51. The lowest BCUT2D eigenvalue weighted by Crippen LogP contribution is -2.25. The summed E-state index contributed by atoms with van der Waals surface area (Å²) in [5.74, 6) is -0.707. The van der Waals surface area contributed by atoms with E-state index >= 15 is 0 Å². The van der Waals surface area contributed by atoms with E-state index in [9.17, 15) is 35.2 Å². The number of fused-ring (bicyclic) bond motifs is 2. The Morgan fingerprint density at radius 3 is 2.50 bits per heavy atom. The number of nitrogens with one attached hydrogen (secondary N) is 1. The minimum atomic E-state index is -4.66. The predicted octanol–water partition coefficient (Wildman–Crippen LogP) is 5.84. The molecule has 1 N–H and O–H groups in total. The lowest BCUT2D eigenvalue weighted by Gasteiger charge is -2.15. The van der Waals surface area contributed by atoms with Crippen LogP contribution in [0.25, 0.3) is 22.3 Å². The van der Waals surface area contributed by atoms with Crippen molar-refractivity contribution in [1.82, 2.24) is 20.3 Å². The largest absolute Gasteiger partial charge is 0.373 e. The smallest absolute Gasteiger partial charge is 0.264 e. The van der Waals surface area contributed by atoms with Gasteiger partial charge in [0.25, 0.3) is 12.3 Å². The maximum Gasteiger partial charge on any atom is 0.264 e. The molecule has 44 heavy (non-hydrogen) atoms. The van der Waals surface area contributed by atoms with Crippen LogP contribution in [0.4, 0.5) is 22.0 Å². The molecule has 6 rings (SSSR count). The van der Waals surface area contributed by atoms with Gasteiger partial charge < -0.3 is 10.1 Å². The van der Waals surface area contributed by atoms with Crippen LogP contribution in [-0.2, 0) is 34.1 Å². The van der Waals surface area contributed by atoms with E-state index in [1.165, 1.54) is 6.20 Å². The fourth-order valence-electron chi connectivity index (χ4n) is 5.15. The number of hydrogen-bond acceptors (Lipinski definition) is 7. The van der Waals surface area contributed by atoms with Gasteiger partial charge in [-0.05, 0) is 54.8 Å². The first-order valence-electron chi connectivity index (χ1n) is 13.7. The Bertz CT molecular complexity index is 1870. The number of nitrogens with zero attached hydrogens (tertiary/aromatic N) is 3. The molecule has 1 saturated carbocycles. The first-order chi connectivity index (χ1) is 21.0. The average Bonchev–Trinajstić information content (AvgIpc) is 3.85. The van der Waals surface area contributed by atoms with Crippen LogP contribution in [0.1, 0.15) is 63.6 Å². The zero-order valence-corrected chi connectivity index (χ0v) is 23.8. The van der Waals surface area contributed by atoms with Crippen molar-refractivity contribution in [3.8, 4) is 11.4 Å². The molecule has 1 amide bonds. The van der Waals surface area contributed by atoms with Crippen molar-refractivity contribution in [3.63, 3.8) is 0 Å². The summed E-state index contributed by atoms with van der Waals surface area (Å²) in [5.41, 5.74) is -0.830. The molecule has 4 aromatic rings. The second kappa shape index (κ2) is 11.8. The summed E-state index contributed by atoms with van der Waals surface area (Å²) in [7, 11) is -4.66. The third kappa shape index (κ3) is 6.00. The third-order valence-electron chi connectivity index (χ3n) is 7.55. The number of sulfone groups is 1. The van der Waals surface area contributed by atoms with Gasteiger partial charge in [-0.1, -0.05) is 6.07 Å². The van der Waals surface area contributed by atoms with Crippen molar-refractivity contribution in [2.24, 2.45) is 0 Å². The van der Waals surface area contributed by atoms with Crippen LogP contribution in [0.15, 0.2) is 53.6 Å². The Balaban J connectivity index is 1.25. The highest BCUT2D eigenvalue weighted by molar-refractivity contribution is 7.92. The molecule has 230 valence electrons. The van der Waals surface area contributed by atoms with Crippen molar-refractivity contribution in [2.75, 3.05) is 6.61 Å². The number of halogens is 5. The quantitative estimate of drug-likeness (QED) is 0.243. The Hall–Kier alpha value is -4.04. The topological polar surface area (TPSA) is 111 Å². The van der Waals surface area contributed by atoms with Crippen LogP contribution >= 0.6 is 0 Å². The summed E-state index contributed by atoms with van der Waals surface area (Å²) < 4.78 is 98.3. The van der Waals surface area contributed by atoms with Crippen LogP contribution in [0.2, 0.25) is 0 Å². The monoisotopic (exact) mass is 632 g/mol. The lowest BCUT2D eigenvalue weighted by atomic mass is 10.0. The van der Waals surface area contributed by atoms with E-state index in [-0.39, 0.29) is 30.0 Å². The van der Waals surface area contributed by atoms with Crippen LogP contribution in [0, 0.1) is 0 Å². The molecule has 0 unspecified atom stereocenters. The van der Waals surface area contributed by atoms with Gasteiger partial charge in [0.15, 0.2) is 0 Å². The van der Waals surface area contributed by atoms with E-state index in [1.54, 1.807) is 30.3 Å². The Labute approximate surface area is 248 Å². The third-order valence-corrected chi connectivity index (χ3v) is 9.34. The molecule has 0 saturated heterocycles. The maximum absolute atomic E-state index is 14.3. The van der Waals surface area contributed by atoms with E-state index in [0.717, 1.165) is 25.0 Å². The molecule has 1 aliphatic carbocycles. The molecule has 1 aromatic carbocycles. The molecule has 3 aromatic heterocycles. The molecule has 0 bridgehead atoms. The second-order valence-electron chi connectivity index (χ2n) is 10.7. The minimum Gasteiger partial charge on any atom is -0.373 e. The lowest BCUT2D eigenvalue weighted by molar-refractivity contribution is 0.0914. The Morgan fingerprint density at radius 1 is 1.02 bits per heavy atom. The number of ether oxygens (including phenoxy) is 1. The molecule has 0 spiro atoms. The highest BCUT2D eigenvalue weighted by Crippen LogP contribution is 2.42. The van der Waals surface area contributed by atoms with Gasteiger partial charge in [0.2, 0.25) is 21.8 Å². The molecular formula is C30H25F5N4O4S. The van der Waals surface area contributed by atoms with Gasteiger partial charge in [-0.2, -0.15) is 0 Å². The standard InChI is InChI=1S/C30H25F5N4O4S/c31-26(32)9-16-3-5-23(39-28(16)15-1-2-15)22-6-4-17-11-36-19(10-24(17)38-22)12-37-30(40)18-7-20(29(34)35)21-13-43-14-27(33)44(41,42)25(21)8-18/h3-8,10-11,15,26-27,29H,1-2,9,12-14H2,(H,37,40)/t27-/m1/s1. The van der Waals surface area contributed by atoms with Crippen LogP contribution in [0.5, 0.6) is 0 Å². The number of rotatable bonds is 8. The summed E-state index contributed by atoms with van der Waals surface area (Å²) in [5, 5.41) is 3.22. The summed E-state index contributed by atoms with van der Waals surface area (Å²) >= 11 is 0. The molecule has 14 heteroatoms. The normalized spacial score (nSPS) is 17.9. The van der Waals surface area contributed by atoms with Gasteiger partial charge in [-0.3, -0.25) is 14.8 Å². The summed E-state index contributed by atoms with van der Waals surface area (Å²) in [6.07, 6.45) is -2.64. The van der Waals surface area contributed by atoms with Crippen molar-refractivity contribution < 1.29 is 39.9 Å². The molecule has 2 aliphatic rings. The zero-order valence-electron chi connectivity index (χ0n) is 22.9. The average molecular weight is 633 g/mol. The molecule has 1 fully saturated rings. The van der Waals surface area contributed by atoms with Crippen molar-refractivity contribution in [2.45, 2.75) is 61.6 Å². The molecule has 4 heterocycles. The highest BCUT2D eigenvalue weighted by atomic mass is 32.2. The van der Waals surface area contributed by atoms with E-state index in [2.05, 4.69) is 20.3 Å². The Kier molecular flexibility index (Phi) is 8.05. The number of amides is 1. The van der Waals surface area contributed by atoms with Gasteiger partial charge in [0, 0.05) is 46.3 Å². The van der Waals surface area contributed by atoms with Crippen molar-refractivity contribution >= 4 is 26.6 Å². The van der Waals surface area contributed by atoms with Gasteiger partial charge in [-0.25, -0.2) is 35.4 Å². The van der Waals surface area contributed by atoms with Crippen molar-refractivity contribution in [3.05, 3.63) is 82.3 Å². The van der Waals surface area contributed by atoms with Crippen LogP contribution in [-0.4, -0.2) is 47.8 Å². The van der Waals surface area contributed by atoms with E-state index in [1.807, 2.05) is 0 Å². The summed E-state index contributed by atoms with van der Waals surface area (Å²) in [6.45, 7) is -1.51. The maximum atomic E-state index is 14.3. The summed E-state index contributed by atoms with van der Waals surface area (Å²) in [6, 6.07) is 10.2. The number of benzene rings is 1. The number of carbonyl (C=O) groups excluding carboxylic acids is 1. The SMILES string of the molecule is O=C(NCc1cc2nc(-c3ccc(CC(F)F)c(C4CC4)n3)ccc2cn1)c1cc(C(F)F)c2c(c1)S(=O)(=O)[C@@H](F)COC2. The molecule has 1 aliphatic heterocycles. The van der Waals surface area contributed by atoms with Crippen LogP contribution < -0.4 is 5.32 Å². The molecule has 1 atom stereocenters. The first-order valence-corrected chi connectivity index (χ1v) is 15.3. The van der Waals surface area contributed by atoms with E-state index in [4.69, 9.17) is 4.74 Å². The molecule has 8 nitrogen and oxygen atoms in total. The highest BCUT2D eigenvalue weighted by Gasteiger charge is 2.36. The van der Waals surface area contributed by atoms with Gasteiger partial charge in [-0.15, -0.1) is 0 Å². The van der Waals surface area contributed by atoms with E-state index in [0.29, 0.717) is 39.2 Å². The number of alkyl halides is 5. The van der Waals surface area contributed by atoms with Crippen molar-refractivity contribution in [1.29, 1.82) is 0 Å². The first kappa shape index (κ1) is 30.0. The minimum absolute atomic E-state index is 0.157.